The summed E-state index contributed by atoms with van der Waals surface area (Å²) in [6, 6.07) is 7.16. The molecule has 9 heteroatoms. The number of carbonyl (C=O) groups excluding carboxylic acids is 2. The first kappa shape index (κ1) is 26.3. The van der Waals surface area contributed by atoms with Gasteiger partial charge in [0, 0.05) is 42.7 Å². The summed E-state index contributed by atoms with van der Waals surface area (Å²) in [5, 5.41) is 5.65. The fraction of sp³-hybridized carbons (Fsp3) is 0.520. The first-order valence-electron chi connectivity index (χ1n) is 11.6. The number of aryl methyl sites for hydroxylation is 1. The summed E-state index contributed by atoms with van der Waals surface area (Å²) in [7, 11) is 1.63. The van der Waals surface area contributed by atoms with Crippen molar-refractivity contribution in [3.05, 3.63) is 50.7 Å². The van der Waals surface area contributed by atoms with E-state index in [-0.39, 0.29) is 30.6 Å². The zero-order valence-corrected chi connectivity index (χ0v) is 21.9. The van der Waals surface area contributed by atoms with Crippen LogP contribution in [0.15, 0.2) is 29.6 Å². The van der Waals surface area contributed by atoms with E-state index < -0.39 is 0 Å². The molecule has 0 saturated heterocycles. The van der Waals surface area contributed by atoms with Crippen molar-refractivity contribution in [2.75, 3.05) is 40.0 Å². The minimum atomic E-state index is -0.239. The molecule has 1 aliphatic heterocycles. The van der Waals surface area contributed by atoms with Gasteiger partial charge in [0.15, 0.2) is 0 Å². The number of nitrogens with zero attached hydrogens (tertiary/aromatic N) is 2. The van der Waals surface area contributed by atoms with Crippen LogP contribution >= 0.6 is 22.9 Å². The second kappa shape index (κ2) is 12.4. The topological polar surface area (TPSA) is 71.1 Å². The molecule has 0 aliphatic carbocycles. The minimum Gasteiger partial charge on any atom is -0.491 e. The van der Waals surface area contributed by atoms with Crippen LogP contribution in [0.4, 0.5) is 4.79 Å². The van der Waals surface area contributed by atoms with Crippen LogP contribution in [0, 0.1) is 6.92 Å². The quantitative estimate of drug-likeness (QED) is 0.474. The number of thiophene rings is 1. The van der Waals surface area contributed by atoms with E-state index in [4.69, 9.17) is 21.1 Å². The smallest absolute Gasteiger partial charge is 0.318 e. The second-order valence-electron chi connectivity index (χ2n) is 8.75. The molecular weight excluding hydrogens is 474 g/mol. The monoisotopic (exact) mass is 507 g/mol. The van der Waals surface area contributed by atoms with Gasteiger partial charge in [-0.25, -0.2) is 4.79 Å². The Morgan fingerprint density at radius 3 is 2.82 bits per heavy atom. The molecule has 2 aromatic rings. The van der Waals surface area contributed by atoms with Crippen molar-refractivity contribution in [2.45, 2.75) is 45.7 Å². The zero-order valence-electron chi connectivity index (χ0n) is 20.3. The van der Waals surface area contributed by atoms with Crippen LogP contribution in [0.3, 0.4) is 0 Å². The van der Waals surface area contributed by atoms with Crippen molar-refractivity contribution >= 4 is 34.9 Å². The fourth-order valence-corrected chi connectivity index (χ4v) is 5.05. The number of hydrogen-bond acceptors (Lipinski definition) is 5. The Hall–Kier alpha value is -2.29. The summed E-state index contributed by atoms with van der Waals surface area (Å²) in [4.78, 5) is 30.9. The van der Waals surface area contributed by atoms with Crippen molar-refractivity contribution in [3.63, 3.8) is 0 Å². The molecule has 34 heavy (non-hydrogen) atoms. The van der Waals surface area contributed by atoms with Crippen LogP contribution in [0.1, 0.15) is 42.3 Å². The highest BCUT2D eigenvalue weighted by molar-refractivity contribution is 7.10. The summed E-state index contributed by atoms with van der Waals surface area (Å²) >= 11 is 7.85. The van der Waals surface area contributed by atoms with Crippen molar-refractivity contribution < 1.29 is 19.1 Å². The highest BCUT2D eigenvalue weighted by Crippen LogP contribution is 2.34. The molecule has 1 N–H and O–H groups in total. The molecule has 1 aliphatic rings. The molecule has 0 fully saturated rings. The molecule has 1 aromatic carbocycles. The number of halogens is 1. The molecule has 0 bridgehead atoms. The van der Waals surface area contributed by atoms with E-state index in [1.807, 2.05) is 43.9 Å². The second-order valence-corrected chi connectivity index (χ2v) is 10.2. The van der Waals surface area contributed by atoms with E-state index in [2.05, 4.69) is 16.8 Å². The van der Waals surface area contributed by atoms with Gasteiger partial charge in [0.2, 0.25) is 5.91 Å². The lowest BCUT2D eigenvalue weighted by Gasteiger charge is -2.37. The van der Waals surface area contributed by atoms with Gasteiger partial charge in [-0.15, -0.1) is 11.3 Å². The van der Waals surface area contributed by atoms with Gasteiger partial charge in [0.1, 0.15) is 18.9 Å². The van der Waals surface area contributed by atoms with E-state index in [1.165, 1.54) is 4.88 Å². The van der Waals surface area contributed by atoms with E-state index >= 15 is 0 Å². The van der Waals surface area contributed by atoms with Crippen molar-refractivity contribution in [1.29, 1.82) is 0 Å². The number of carbonyl (C=O) groups is 2. The summed E-state index contributed by atoms with van der Waals surface area (Å²) in [5.41, 5.74) is 2.06. The average Bonchev–Trinajstić information content (AvgIpc) is 3.27. The van der Waals surface area contributed by atoms with Gasteiger partial charge in [-0.3, -0.25) is 4.79 Å². The standard InChI is InChI=1S/C25H34ClN3O4S/c1-17(2)27-25(31)28(10-5-12-32-4)15-24(30)29-11-8-23-20(9-13-34-23)22(29)16-33-19-6-7-21(26)18(3)14-19/h6-7,9,13-14,17,22H,5,8,10-12,15-16H2,1-4H3,(H,27,31)/t22-/m0/s1. The molecule has 0 unspecified atom stereocenters. The SMILES string of the molecule is COCCCN(CC(=O)N1CCc2sccc2[C@@H]1COc1ccc(Cl)c(C)c1)C(=O)NC(C)C. The Morgan fingerprint density at radius 1 is 1.32 bits per heavy atom. The summed E-state index contributed by atoms with van der Waals surface area (Å²) < 4.78 is 11.2. The number of ether oxygens (including phenoxy) is 2. The van der Waals surface area contributed by atoms with Crippen LogP contribution in [0.25, 0.3) is 0 Å². The Bertz CT molecular complexity index is 981. The van der Waals surface area contributed by atoms with Gasteiger partial charge in [0.25, 0.3) is 0 Å². The molecule has 0 radical (unpaired) electrons. The summed E-state index contributed by atoms with van der Waals surface area (Å²) in [6.07, 6.45) is 1.46. The van der Waals surface area contributed by atoms with Crippen molar-refractivity contribution in [2.24, 2.45) is 0 Å². The maximum absolute atomic E-state index is 13.5. The van der Waals surface area contributed by atoms with Crippen LogP contribution in [-0.4, -0.2) is 67.7 Å². The number of methoxy groups -OCH3 is 1. The lowest BCUT2D eigenvalue weighted by atomic mass is 10.0. The molecule has 3 amide bonds. The van der Waals surface area contributed by atoms with E-state index in [9.17, 15) is 9.59 Å². The van der Waals surface area contributed by atoms with E-state index in [1.54, 1.807) is 23.3 Å². The molecule has 7 nitrogen and oxygen atoms in total. The van der Waals surface area contributed by atoms with Gasteiger partial charge in [0.05, 0.1) is 6.04 Å². The van der Waals surface area contributed by atoms with E-state index in [0.717, 1.165) is 17.5 Å². The summed E-state index contributed by atoms with van der Waals surface area (Å²) in [5.74, 6) is 0.628. The first-order valence-corrected chi connectivity index (χ1v) is 12.8. The van der Waals surface area contributed by atoms with Crippen LogP contribution in [-0.2, 0) is 16.0 Å². The van der Waals surface area contributed by atoms with E-state index in [0.29, 0.717) is 43.5 Å². The number of rotatable bonds is 10. The largest absolute Gasteiger partial charge is 0.491 e. The average molecular weight is 508 g/mol. The maximum atomic E-state index is 13.5. The molecular formula is C25H34ClN3O4S. The first-order chi connectivity index (χ1) is 16.3. The maximum Gasteiger partial charge on any atom is 0.318 e. The van der Waals surface area contributed by atoms with Gasteiger partial charge in [-0.2, -0.15) is 0 Å². The predicted molar refractivity (Wildman–Crippen MR) is 136 cm³/mol. The Balaban J connectivity index is 1.75. The highest BCUT2D eigenvalue weighted by atomic mass is 35.5. The molecule has 186 valence electrons. The number of benzene rings is 1. The third kappa shape index (κ3) is 6.87. The third-order valence-corrected chi connectivity index (χ3v) is 7.18. The number of hydrogen-bond donors (Lipinski definition) is 1. The normalized spacial score (nSPS) is 15.2. The Morgan fingerprint density at radius 2 is 2.12 bits per heavy atom. The molecule has 3 rings (SSSR count). The number of urea groups is 1. The summed E-state index contributed by atoms with van der Waals surface area (Å²) in [6.45, 7) is 7.65. The molecule has 0 saturated carbocycles. The number of nitrogens with one attached hydrogen (secondary N) is 1. The van der Waals surface area contributed by atoms with Crippen molar-refractivity contribution in [3.8, 4) is 5.75 Å². The molecule has 1 atom stereocenters. The van der Waals surface area contributed by atoms with Crippen LogP contribution in [0.2, 0.25) is 5.02 Å². The minimum absolute atomic E-state index is 0.0122. The Kier molecular flexibility index (Phi) is 9.62. The predicted octanol–water partition coefficient (Wildman–Crippen LogP) is 4.67. The zero-order chi connectivity index (χ0) is 24.7. The lowest BCUT2D eigenvalue weighted by Crippen LogP contribution is -2.51. The highest BCUT2D eigenvalue weighted by Gasteiger charge is 2.33. The van der Waals surface area contributed by atoms with Crippen LogP contribution in [0.5, 0.6) is 5.75 Å². The molecule has 2 heterocycles. The molecule has 0 spiro atoms. The Labute approximate surface area is 211 Å². The number of amides is 3. The fourth-order valence-electron chi connectivity index (χ4n) is 4.00. The molecule has 1 aromatic heterocycles. The van der Waals surface area contributed by atoms with Gasteiger partial charge < -0.3 is 24.6 Å². The lowest BCUT2D eigenvalue weighted by molar-refractivity contribution is -0.135. The van der Waals surface area contributed by atoms with Gasteiger partial charge in [-0.1, -0.05) is 11.6 Å². The number of fused-ring (bicyclic) bond motifs is 1. The van der Waals surface area contributed by atoms with Gasteiger partial charge in [-0.05, 0) is 74.4 Å². The third-order valence-electron chi connectivity index (χ3n) is 5.75. The van der Waals surface area contributed by atoms with Gasteiger partial charge >= 0.3 is 6.03 Å². The van der Waals surface area contributed by atoms with Crippen LogP contribution < -0.4 is 10.1 Å². The van der Waals surface area contributed by atoms with Crippen molar-refractivity contribution in [1.82, 2.24) is 15.1 Å².